The second-order valence-corrected chi connectivity index (χ2v) is 8.20. The first-order valence-corrected chi connectivity index (χ1v) is 9.62. The Kier molecular flexibility index (Phi) is 5.04. The second-order valence-electron chi connectivity index (χ2n) is 6.88. The number of benzene rings is 1. The Morgan fingerprint density at radius 2 is 2.00 bits per heavy atom. The van der Waals surface area contributed by atoms with E-state index in [0.29, 0.717) is 19.7 Å². The van der Waals surface area contributed by atoms with Gasteiger partial charge in [0.1, 0.15) is 11.9 Å². The first-order valence-electron chi connectivity index (χ1n) is 8.81. The molecular weight excluding hydrogens is 353 g/mol. The molecule has 7 heteroatoms. The third-order valence-electron chi connectivity index (χ3n) is 4.86. The Morgan fingerprint density at radius 3 is 2.69 bits per heavy atom. The SMILES string of the molecule is Cc1ccc(C2CC(C(=O)N3CC(OCc4ccc(F)cc4)C3)NN2)s1. The number of amides is 1. The molecule has 2 fully saturated rings. The van der Waals surface area contributed by atoms with Gasteiger partial charge < -0.3 is 9.64 Å². The van der Waals surface area contributed by atoms with Crippen LogP contribution in [-0.4, -0.2) is 36.0 Å². The first kappa shape index (κ1) is 17.6. The van der Waals surface area contributed by atoms with Crippen LogP contribution in [0.2, 0.25) is 0 Å². The van der Waals surface area contributed by atoms with Gasteiger partial charge in [-0.25, -0.2) is 15.2 Å². The van der Waals surface area contributed by atoms with Gasteiger partial charge in [0.05, 0.1) is 18.8 Å². The van der Waals surface area contributed by atoms with Crippen molar-refractivity contribution in [3.05, 3.63) is 57.5 Å². The topological polar surface area (TPSA) is 53.6 Å². The van der Waals surface area contributed by atoms with Crippen molar-refractivity contribution in [1.82, 2.24) is 15.8 Å². The number of ether oxygens (including phenoxy) is 1. The van der Waals surface area contributed by atoms with Crippen LogP contribution < -0.4 is 10.9 Å². The molecule has 2 unspecified atom stereocenters. The standard InChI is InChI=1S/C19H22FN3O2S/c1-12-2-7-18(26-12)16-8-17(22-21-16)19(24)23-9-15(10-23)25-11-13-3-5-14(20)6-4-13/h2-7,15-17,21-22H,8-11H2,1H3. The number of aryl methyl sites for hydroxylation is 1. The molecule has 0 bridgehead atoms. The smallest absolute Gasteiger partial charge is 0.241 e. The number of rotatable bonds is 5. The summed E-state index contributed by atoms with van der Waals surface area (Å²) in [5.41, 5.74) is 7.30. The van der Waals surface area contributed by atoms with E-state index in [0.717, 1.165) is 12.0 Å². The summed E-state index contributed by atoms with van der Waals surface area (Å²) in [7, 11) is 0. The Balaban J connectivity index is 1.22. The Morgan fingerprint density at radius 1 is 1.23 bits per heavy atom. The summed E-state index contributed by atoms with van der Waals surface area (Å²) in [6.07, 6.45) is 0.810. The third-order valence-corrected chi connectivity index (χ3v) is 5.98. The summed E-state index contributed by atoms with van der Waals surface area (Å²) in [5.74, 6) is -0.127. The molecule has 0 saturated carbocycles. The van der Waals surface area contributed by atoms with E-state index < -0.39 is 0 Å². The number of carbonyl (C=O) groups excluding carboxylic acids is 1. The molecule has 0 radical (unpaired) electrons. The van der Waals surface area contributed by atoms with Crippen LogP contribution in [0.25, 0.3) is 0 Å². The van der Waals surface area contributed by atoms with Gasteiger partial charge in [-0.3, -0.25) is 4.79 Å². The van der Waals surface area contributed by atoms with Crippen molar-refractivity contribution >= 4 is 17.2 Å². The van der Waals surface area contributed by atoms with Gasteiger partial charge in [-0.15, -0.1) is 11.3 Å². The second kappa shape index (κ2) is 7.44. The number of thiophene rings is 1. The maximum Gasteiger partial charge on any atom is 0.241 e. The number of nitrogens with one attached hydrogen (secondary N) is 2. The van der Waals surface area contributed by atoms with Gasteiger partial charge >= 0.3 is 0 Å². The molecule has 1 aromatic heterocycles. The fourth-order valence-electron chi connectivity index (χ4n) is 3.28. The summed E-state index contributed by atoms with van der Waals surface area (Å²) in [6.45, 7) is 3.75. The summed E-state index contributed by atoms with van der Waals surface area (Å²) in [5, 5.41) is 0. The van der Waals surface area contributed by atoms with E-state index in [9.17, 15) is 9.18 Å². The van der Waals surface area contributed by atoms with Crippen LogP contribution in [0.5, 0.6) is 0 Å². The van der Waals surface area contributed by atoms with E-state index in [1.165, 1.54) is 21.9 Å². The minimum Gasteiger partial charge on any atom is -0.370 e. The van der Waals surface area contributed by atoms with E-state index in [-0.39, 0.29) is 29.9 Å². The highest BCUT2D eigenvalue weighted by molar-refractivity contribution is 7.12. The average molecular weight is 375 g/mol. The highest BCUT2D eigenvalue weighted by Gasteiger charge is 2.38. The van der Waals surface area contributed by atoms with Crippen LogP contribution in [0.15, 0.2) is 36.4 Å². The van der Waals surface area contributed by atoms with Crippen LogP contribution in [0.4, 0.5) is 4.39 Å². The van der Waals surface area contributed by atoms with E-state index in [2.05, 4.69) is 29.9 Å². The lowest BCUT2D eigenvalue weighted by molar-refractivity contribution is -0.147. The zero-order chi connectivity index (χ0) is 18.1. The van der Waals surface area contributed by atoms with E-state index in [4.69, 9.17) is 4.74 Å². The monoisotopic (exact) mass is 375 g/mol. The summed E-state index contributed by atoms with van der Waals surface area (Å²) < 4.78 is 18.7. The van der Waals surface area contributed by atoms with Crippen LogP contribution >= 0.6 is 11.3 Å². The molecule has 2 saturated heterocycles. The maximum atomic E-state index is 12.9. The van der Waals surface area contributed by atoms with Gasteiger partial charge in [0, 0.05) is 22.8 Å². The normalized spacial score (nSPS) is 23.2. The van der Waals surface area contributed by atoms with Crippen molar-refractivity contribution in [3.63, 3.8) is 0 Å². The van der Waals surface area contributed by atoms with Crippen molar-refractivity contribution in [2.24, 2.45) is 0 Å². The van der Waals surface area contributed by atoms with Crippen LogP contribution in [0.3, 0.4) is 0 Å². The molecule has 138 valence electrons. The molecular formula is C19H22FN3O2S. The van der Waals surface area contributed by atoms with Crippen LogP contribution in [0, 0.1) is 12.7 Å². The number of nitrogens with zero attached hydrogens (tertiary/aromatic N) is 1. The van der Waals surface area contributed by atoms with Crippen molar-refractivity contribution in [2.75, 3.05) is 13.1 Å². The highest BCUT2D eigenvalue weighted by Crippen LogP contribution is 2.29. The van der Waals surface area contributed by atoms with E-state index in [1.54, 1.807) is 23.5 Å². The van der Waals surface area contributed by atoms with Crippen LogP contribution in [0.1, 0.15) is 27.8 Å². The molecule has 0 spiro atoms. The Hall–Kier alpha value is -1.80. The molecule has 4 rings (SSSR count). The largest absolute Gasteiger partial charge is 0.370 e. The molecule has 0 aliphatic carbocycles. The number of hydrazine groups is 1. The molecule has 1 aromatic carbocycles. The number of hydrogen-bond acceptors (Lipinski definition) is 5. The molecule has 2 atom stereocenters. The van der Waals surface area contributed by atoms with E-state index in [1.807, 2.05) is 4.90 Å². The summed E-state index contributed by atoms with van der Waals surface area (Å²) >= 11 is 1.76. The highest BCUT2D eigenvalue weighted by atomic mass is 32.1. The molecule has 1 amide bonds. The van der Waals surface area contributed by atoms with Crippen molar-refractivity contribution < 1.29 is 13.9 Å². The Labute approximate surface area is 156 Å². The quantitative estimate of drug-likeness (QED) is 0.843. The lowest BCUT2D eigenvalue weighted by Crippen LogP contribution is -2.59. The van der Waals surface area contributed by atoms with Crippen LogP contribution in [-0.2, 0) is 16.1 Å². The lowest BCUT2D eigenvalue weighted by Gasteiger charge is -2.40. The van der Waals surface area contributed by atoms with Gasteiger partial charge in [0.15, 0.2) is 0 Å². The zero-order valence-electron chi connectivity index (χ0n) is 14.6. The average Bonchev–Trinajstić information content (AvgIpc) is 3.23. The molecule has 3 heterocycles. The fraction of sp³-hybridized carbons (Fsp3) is 0.421. The van der Waals surface area contributed by atoms with Gasteiger partial charge in [-0.05, 0) is 43.2 Å². The molecule has 2 aliphatic rings. The van der Waals surface area contributed by atoms with Crippen molar-refractivity contribution in [1.29, 1.82) is 0 Å². The summed E-state index contributed by atoms with van der Waals surface area (Å²) in [4.78, 5) is 17.0. The minimum atomic E-state index is -0.247. The lowest BCUT2D eigenvalue weighted by atomic mass is 10.0. The van der Waals surface area contributed by atoms with E-state index >= 15 is 0 Å². The predicted octanol–water partition coefficient (Wildman–Crippen LogP) is 2.53. The van der Waals surface area contributed by atoms with Crippen molar-refractivity contribution in [2.45, 2.75) is 38.1 Å². The van der Waals surface area contributed by atoms with Gasteiger partial charge in [0.2, 0.25) is 5.91 Å². The van der Waals surface area contributed by atoms with Gasteiger partial charge in [-0.1, -0.05) is 12.1 Å². The number of hydrogen-bond donors (Lipinski definition) is 2. The number of likely N-dealkylation sites (tertiary alicyclic amines) is 1. The van der Waals surface area contributed by atoms with Crippen molar-refractivity contribution in [3.8, 4) is 0 Å². The molecule has 2 aliphatic heterocycles. The van der Waals surface area contributed by atoms with Gasteiger partial charge in [-0.2, -0.15) is 0 Å². The Bertz CT molecular complexity index is 773. The number of halogens is 1. The maximum absolute atomic E-state index is 12.9. The molecule has 2 aromatic rings. The third kappa shape index (κ3) is 3.81. The van der Waals surface area contributed by atoms with Gasteiger partial charge in [0.25, 0.3) is 0 Å². The predicted molar refractivity (Wildman–Crippen MR) is 98.0 cm³/mol. The zero-order valence-corrected chi connectivity index (χ0v) is 15.4. The molecule has 26 heavy (non-hydrogen) atoms. The molecule has 5 nitrogen and oxygen atoms in total. The summed E-state index contributed by atoms with van der Waals surface area (Å²) in [6, 6.07) is 10.5. The number of carbonyl (C=O) groups is 1. The first-order chi connectivity index (χ1) is 12.6. The fourth-order valence-corrected chi connectivity index (χ4v) is 4.23. The minimum absolute atomic E-state index is 0.0501. The molecule has 2 N–H and O–H groups in total.